The molecule has 0 spiro atoms. The van der Waals surface area contributed by atoms with Gasteiger partial charge in [0.25, 0.3) is 0 Å². The van der Waals surface area contributed by atoms with Crippen molar-refractivity contribution in [2.24, 2.45) is 0 Å². The summed E-state index contributed by atoms with van der Waals surface area (Å²) in [6.45, 7) is 2.13. The third kappa shape index (κ3) is 5.98. The zero-order valence-electron chi connectivity index (χ0n) is 18.5. The maximum atomic E-state index is 12.5. The molecule has 2 N–H and O–H groups in total. The molecule has 9 nitrogen and oxygen atoms in total. The molecule has 2 amide bonds. The van der Waals surface area contributed by atoms with Gasteiger partial charge in [-0.2, -0.15) is 5.10 Å². The van der Waals surface area contributed by atoms with E-state index >= 15 is 0 Å². The summed E-state index contributed by atoms with van der Waals surface area (Å²) < 4.78 is 12.3. The minimum absolute atomic E-state index is 0.202. The van der Waals surface area contributed by atoms with Gasteiger partial charge in [-0.25, -0.2) is 9.48 Å². The lowest BCUT2D eigenvalue weighted by Crippen LogP contribution is -2.21. The van der Waals surface area contributed by atoms with Gasteiger partial charge < -0.3 is 14.8 Å². The normalized spacial score (nSPS) is 10.4. The number of carbonyl (C=O) groups excluding carboxylic acids is 2. The van der Waals surface area contributed by atoms with Gasteiger partial charge in [0.1, 0.15) is 17.3 Å². The van der Waals surface area contributed by atoms with E-state index in [1.165, 1.54) is 0 Å². The van der Waals surface area contributed by atoms with Crippen molar-refractivity contribution in [2.75, 3.05) is 17.2 Å². The molecule has 4 rings (SSSR count). The van der Waals surface area contributed by atoms with Crippen LogP contribution in [-0.2, 0) is 16.0 Å². The van der Waals surface area contributed by atoms with Crippen LogP contribution in [0.2, 0.25) is 0 Å². The fourth-order valence-electron chi connectivity index (χ4n) is 3.16. The van der Waals surface area contributed by atoms with Crippen LogP contribution in [0.3, 0.4) is 0 Å². The Morgan fingerprint density at radius 1 is 0.853 bits per heavy atom. The Balaban J connectivity index is 1.35. The van der Waals surface area contributed by atoms with Gasteiger partial charge in [-0.1, -0.05) is 12.1 Å². The summed E-state index contributed by atoms with van der Waals surface area (Å²) >= 11 is 0. The number of hydrogen-bond donors (Lipinski definition) is 2. The molecule has 9 heteroatoms. The molecule has 0 aliphatic heterocycles. The van der Waals surface area contributed by atoms with E-state index < -0.39 is 6.03 Å². The standard InChI is InChI=1S/C25H23N5O4/c1-2-33-24(31)17-18-3-7-20(8-4-18)30-23(13-16-27-30)29-25(32)28-19-5-9-21(10-6-19)34-22-11-14-26-15-12-22/h3-16H,2,17H2,1H3,(H2,28,29,32). The molecule has 0 aliphatic rings. The Kier molecular flexibility index (Phi) is 7.14. The number of urea groups is 1. The van der Waals surface area contributed by atoms with Gasteiger partial charge in [0.05, 0.1) is 24.9 Å². The molecule has 0 atom stereocenters. The molecular formula is C25H23N5O4. The summed E-state index contributed by atoms with van der Waals surface area (Å²) in [5, 5.41) is 9.86. The maximum absolute atomic E-state index is 12.5. The maximum Gasteiger partial charge on any atom is 0.324 e. The molecule has 0 fully saturated rings. The van der Waals surface area contributed by atoms with E-state index in [1.54, 1.807) is 72.7 Å². The third-order valence-electron chi connectivity index (χ3n) is 4.72. The van der Waals surface area contributed by atoms with E-state index in [-0.39, 0.29) is 12.4 Å². The molecule has 0 aliphatic carbocycles. The van der Waals surface area contributed by atoms with Gasteiger partial charge in [0, 0.05) is 24.1 Å². The van der Waals surface area contributed by atoms with Crippen LogP contribution < -0.4 is 15.4 Å². The first-order valence-electron chi connectivity index (χ1n) is 10.7. The SMILES string of the molecule is CCOC(=O)Cc1ccc(-n2nccc2NC(=O)Nc2ccc(Oc3ccncc3)cc2)cc1. The van der Waals surface area contributed by atoms with Gasteiger partial charge in [-0.05, 0) is 61.0 Å². The van der Waals surface area contributed by atoms with Gasteiger partial charge in [-0.3, -0.25) is 15.1 Å². The van der Waals surface area contributed by atoms with E-state index in [4.69, 9.17) is 9.47 Å². The van der Waals surface area contributed by atoms with Gasteiger partial charge >= 0.3 is 12.0 Å². The molecule has 2 heterocycles. The van der Waals surface area contributed by atoms with E-state index in [0.29, 0.717) is 29.6 Å². The summed E-state index contributed by atoms with van der Waals surface area (Å²) in [5.41, 5.74) is 2.18. The number of ether oxygens (including phenoxy) is 2. The Hall–Kier alpha value is -4.66. The number of carbonyl (C=O) groups is 2. The lowest BCUT2D eigenvalue weighted by molar-refractivity contribution is -0.142. The number of benzene rings is 2. The van der Waals surface area contributed by atoms with Crippen LogP contribution in [0.1, 0.15) is 12.5 Å². The van der Waals surface area contributed by atoms with E-state index in [1.807, 2.05) is 24.3 Å². The second-order valence-electron chi connectivity index (χ2n) is 7.16. The quantitative estimate of drug-likeness (QED) is 0.368. The molecule has 2 aromatic heterocycles. The lowest BCUT2D eigenvalue weighted by Gasteiger charge is -2.11. The van der Waals surface area contributed by atoms with E-state index in [9.17, 15) is 9.59 Å². The van der Waals surface area contributed by atoms with Crippen molar-refractivity contribution in [3.05, 3.63) is 90.9 Å². The predicted octanol–water partition coefficient (Wildman–Crippen LogP) is 4.81. The largest absolute Gasteiger partial charge is 0.466 e. The molecule has 0 saturated heterocycles. The van der Waals surface area contributed by atoms with Crippen molar-refractivity contribution in [3.63, 3.8) is 0 Å². The fraction of sp³-hybridized carbons (Fsp3) is 0.120. The number of rotatable bonds is 8. The van der Waals surface area contributed by atoms with Crippen molar-refractivity contribution in [1.29, 1.82) is 0 Å². The molecule has 0 bridgehead atoms. The number of aromatic nitrogens is 3. The Morgan fingerprint density at radius 2 is 1.56 bits per heavy atom. The fourth-order valence-corrected chi connectivity index (χ4v) is 3.16. The molecule has 4 aromatic rings. The minimum Gasteiger partial charge on any atom is -0.466 e. The van der Waals surface area contributed by atoms with Crippen LogP contribution in [-0.4, -0.2) is 33.4 Å². The second kappa shape index (κ2) is 10.8. The second-order valence-corrected chi connectivity index (χ2v) is 7.16. The number of anilines is 2. The molecule has 0 unspecified atom stereocenters. The number of amides is 2. The Bertz CT molecular complexity index is 1240. The van der Waals surface area contributed by atoms with Crippen LogP contribution in [0.15, 0.2) is 85.3 Å². The van der Waals surface area contributed by atoms with Gasteiger partial charge in [0.2, 0.25) is 0 Å². The minimum atomic E-state index is -0.413. The van der Waals surface area contributed by atoms with Crippen molar-refractivity contribution >= 4 is 23.5 Å². The first kappa shape index (κ1) is 22.5. The van der Waals surface area contributed by atoms with Crippen LogP contribution >= 0.6 is 0 Å². The highest BCUT2D eigenvalue weighted by molar-refractivity contribution is 5.99. The summed E-state index contributed by atoms with van der Waals surface area (Å²) in [6, 6.07) is 19.1. The number of hydrogen-bond acceptors (Lipinski definition) is 6. The average Bonchev–Trinajstić information content (AvgIpc) is 3.29. The Labute approximate surface area is 196 Å². The highest BCUT2D eigenvalue weighted by Gasteiger charge is 2.10. The van der Waals surface area contributed by atoms with Crippen molar-refractivity contribution in [3.8, 4) is 17.2 Å². The highest BCUT2D eigenvalue weighted by atomic mass is 16.5. The summed E-state index contributed by atoms with van der Waals surface area (Å²) in [5.74, 6) is 1.54. The van der Waals surface area contributed by atoms with Crippen molar-refractivity contribution in [1.82, 2.24) is 14.8 Å². The van der Waals surface area contributed by atoms with Crippen LogP contribution in [0.25, 0.3) is 5.69 Å². The van der Waals surface area contributed by atoms with E-state index in [2.05, 4.69) is 20.7 Å². The van der Waals surface area contributed by atoms with Crippen molar-refractivity contribution < 1.29 is 19.1 Å². The molecule has 34 heavy (non-hydrogen) atoms. The molecule has 0 saturated carbocycles. The Morgan fingerprint density at radius 3 is 2.26 bits per heavy atom. The number of nitrogens with one attached hydrogen (secondary N) is 2. The number of nitrogens with zero attached hydrogens (tertiary/aromatic N) is 3. The number of esters is 1. The molecule has 0 radical (unpaired) electrons. The van der Waals surface area contributed by atoms with Crippen LogP contribution in [0.5, 0.6) is 11.5 Å². The molecular weight excluding hydrogens is 434 g/mol. The number of pyridine rings is 1. The topological polar surface area (TPSA) is 107 Å². The summed E-state index contributed by atoms with van der Waals surface area (Å²) in [7, 11) is 0. The third-order valence-corrected chi connectivity index (χ3v) is 4.72. The first-order chi connectivity index (χ1) is 16.6. The average molecular weight is 457 g/mol. The van der Waals surface area contributed by atoms with Crippen LogP contribution in [0, 0.1) is 0 Å². The summed E-state index contributed by atoms with van der Waals surface area (Å²) in [4.78, 5) is 28.1. The summed E-state index contributed by atoms with van der Waals surface area (Å²) in [6.07, 6.45) is 5.09. The smallest absolute Gasteiger partial charge is 0.324 e. The predicted molar refractivity (Wildman–Crippen MR) is 127 cm³/mol. The van der Waals surface area contributed by atoms with Crippen molar-refractivity contribution in [2.45, 2.75) is 13.3 Å². The zero-order chi connectivity index (χ0) is 23.8. The van der Waals surface area contributed by atoms with Gasteiger partial charge in [-0.15, -0.1) is 0 Å². The van der Waals surface area contributed by atoms with Crippen LogP contribution in [0.4, 0.5) is 16.3 Å². The highest BCUT2D eigenvalue weighted by Crippen LogP contribution is 2.22. The zero-order valence-corrected chi connectivity index (χ0v) is 18.5. The first-order valence-corrected chi connectivity index (χ1v) is 10.7. The molecule has 172 valence electrons. The molecule has 2 aromatic carbocycles. The van der Waals surface area contributed by atoms with E-state index in [0.717, 1.165) is 11.3 Å². The monoisotopic (exact) mass is 457 g/mol. The van der Waals surface area contributed by atoms with Gasteiger partial charge in [0.15, 0.2) is 0 Å². The lowest BCUT2D eigenvalue weighted by atomic mass is 10.1.